The van der Waals surface area contributed by atoms with Crippen molar-refractivity contribution in [2.75, 3.05) is 18.4 Å². The van der Waals surface area contributed by atoms with Crippen molar-refractivity contribution in [1.29, 1.82) is 0 Å². The number of anilines is 1. The topological polar surface area (TPSA) is 114 Å². The van der Waals surface area contributed by atoms with Crippen molar-refractivity contribution in [3.63, 3.8) is 0 Å². The molecule has 2 amide bonds. The van der Waals surface area contributed by atoms with Crippen LogP contribution in [0.3, 0.4) is 0 Å². The molecule has 40 heavy (non-hydrogen) atoms. The van der Waals surface area contributed by atoms with Gasteiger partial charge in [-0.3, -0.25) is 14.4 Å². The van der Waals surface area contributed by atoms with E-state index in [2.05, 4.69) is 20.3 Å². The molecule has 2 aromatic carbocycles. The minimum absolute atomic E-state index is 0.0330. The van der Waals surface area contributed by atoms with Crippen LogP contribution < -0.4 is 10.1 Å². The fraction of sp³-hybridized carbons (Fsp3) is 0.200. The van der Waals surface area contributed by atoms with Crippen LogP contribution in [-0.2, 0) is 0 Å². The maximum atomic E-state index is 13.0. The molecule has 0 unspecified atom stereocenters. The first-order chi connectivity index (χ1) is 19.4. The van der Waals surface area contributed by atoms with Gasteiger partial charge in [0, 0.05) is 30.6 Å². The number of ether oxygens (including phenoxy) is 1. The Morgan fingerprint density at radius 2 is 1.52 bits per heavy atom. The average molecular weight is 540 g/mol. The van der Waals surface area contributed by atoms with Gasteiger partial charge in [0.1, 0.15) is 23.0 Å². The Kier molecular flexibility index (Phi) is 7.86. The number of carbonyl (C=O) groups is 3. The molecule has 0 radical (unpaired) electrons. The number of likely N-dealkylation sites (tertiary alicyclic amines) is 1. The van der Waals surface area contributed by atoms with Gasteiger partial charge in [0.15, 0.2) is 5.78 Å². The van der Waals surface area contributed by atoms with Crippen LogP contribution in [0.5, 0.6) is 11.6 Å². The molecule has 0 saturated carbocycles. The summed E-state index contributed by atoms with van der Waals surface area (Å²) in [6, 6.07) is 16.2. The van der Waals surface area contributed by atoms with E-state index in [-0.39, 0.29) is 40.7 Å². The third-order valence-corrected chi connectivity index (χ3v) is 6.62. The zero-order valence-electron chi connectivity index (χ0n) is 21.7. The van der Waals surface area contributed by atoms with Gasteiger partial charge in [-0.1, -0.05) is 29.8 Å². The lowest BCUT2D eigenvalue weighted by atomic mass is 9.88. The predicted molar refractivity (Wildman–Crippen MR) is 145 cm³/mol. The van der Waals surface area contributed by atoms with E-state index < -0.39 is 5.91 Å². The third kappa shape index (κ3) is 6.35. The van der Waals surface area contributed by atoms with E-state index >= 15 is 0 Å². The van der Waals surface area contributed by atoms with Crippen LogP contribution in [0.25, 0.3) is 0 Å². The lowest BCUT2D eigenvalue weighted by molar-refractivity contribution is 0.0645. The number of rotatable bonds is 7. The maximum absolute atomic E-state index is 13.0. The van der Waals surface area contributed by atoms with Crippen LogP contribution in [0, 0.1) is 18.7 Å². The molecule has 1 N–H and O–H groups in total. The maximum Gasteiger partial charge on any atom is 0.275 e. The van der Waals surface area contributed by atoms with E-state index in [0.717, 1.165) is 5.56 Å². The highest BCUT2D eigenvalue weighted by Crippen LogP contribution is 2.24. The van der Waals surface area contributed by atoms with Crippen molar-refractivity contribution in [3.05, 3.63) is 108 Å². The number of hydrogen-bond acceptors (Lipinski definition) is 7. The Bertz CT molecular complexity index is 1500. The van der Waals surface area contributed by atoms with E-state index in [1.165, 1.54) is 42.9 Å². The predicted octanol–water partition coefficient (Wildman–Crippen LogP) is 5.10. The summed E-state index contributed by atoms with van der Waals surface area (Å²) in [6.07, 6.45) is 5.09. The molecule has 1 aliphatic rings. The molecular weight excluding hydrogens is 513 g/mol. The number of aromatic nitrogens is 3. The average Bonchev–Trinajstić information content (AvgIpc) is 2.99. The van der Waals surface area contributed by atoms with Gasteiger partial charge >= 0.3 is 0 Å². The molecule has 0 aliphatic carbocycles. The van der Waals surface area contributed by atoms with E-state index in [1.807, 2.05) is 31.2 Å². The molecule has 10 heteroatoms. The largest absolute Gasteiger partial charge is 0.439 e. The number of carbonyl (C=O) groups excluding carboxylic acids is 3. The highest BCUT2D eigenvalue weighted by molar-refractivity contribution is 6.03. The summed E-state index contributed by atoms with van der Waals surface area (Å²) in [4.78, 5) is 52.4. The normalized spacial score (nSPS) is 13.5. The van der Waals surface area contributed by atoms with Crippen LogP contribution in [-0.4, -0.2) is 50.5 Å². The molecule has 3 heterocycles. The standard InChI is InChI=1S/C30H26FN5O4/c1-19-2-4-20(5-3-19)28(37)21-12-14-36(15-13-21)30(39)26-18-32-25(17-33-26)29(38)35-23-8-11-27(34-16-23)40-24-9-6-22(31)7-10-24/h2-11,16-18,21H,12-15H2,1H3,(H,35,38). The van der Waals surface area contributed by atoms with Gasteiger partial charge in [-0.15, -0.1) is 0 Å². The van der Waals surface area contributed by atoms with Gasteiger partial charge in [0.25, 0.3) is 11.8 Å². The molecule has 2 aromatic heterocycles. The van der Waals surface area contributed by atoms with Crippen molar-refractivity contribution < 1.29 is 23.5 Å². The summed E-state index contributed by atoms with van der Waals surface area (Å²) in [6.45, 7) is 2.86. The van der Waals surface area contributed by atoms with Crippen molar-refractivity contribution in [2.45, 2.75) is 19.8 Å². The lowest BCUT2D eigenvalue weighted by Gasteiger charge is -2.31. The van der Waals surface area contributed by atoms with Crippen molar-refractivity contribution in [3.8, 4) is 11.6 Å². The summed E-state index contributed by atoms with van der Waals surface area (Å²) in [5.74, 6) is -0.496. The number of nitrogens with one attached hydrogen (secondary N) is 1. The van der Waals surface area contributed by atoms with Gasteiger partial charge in [-0.2, -0.15) is 0 Å². The number of Topliss-reactive ketones (excluding diaryl/α,β-unsaturated/α-hetero) is 1. The quantitative estimate of drug-likeness (QED) is 0.325. The second kappa shape index (κ2) is 11.8. The Balaban J connectivity index is 1.13. The smallest absolute Gasteiger partial charge is 0.275 e. The zero-order chi connectivity index (χ0) is 28.1. The SMILES string of the molecule is Cc1ccc(C(=O)C2CCN(C(=O)c3cnc(C(=O)Nc4ccc(Oc5ccc(F)cc5)nc4)cn3)CC2)cc1. The number of benzene rings is 2. The Labute approximate surface area is 230 Å². The van der Waals surface area contributed by atoms with Crippen molar-refractivity contribution in [2.24, 2.45) is 5.92 Å². The molecule has 0 atom stereocenters. The molecular formula is C30H26FN5O4. The third-order valence-electron chi connectivity index (χ3n) is 6.62. The molecule has 4 aromatic rings. The number of hydrogen-bond donors (Lipinski definition) is 1. The van der Waals surface area contributed by atoms with Gasteiger partial charge in [-0.25, -0.2) is 19.3 Å². The van der Waals surface area contributed by atoms with Crippen LogP contribution >= 0.6 is 0 Å². The summed E-state index contributed by atoms with van der Waals surface area (Å²) in [7, 11) is 0. The molecule has 5 rings (SSSR count). The lowest BCUT2D eigenvalue weighted by Crippen LogP contribution is -2.40. The fourth-order valence-electron chi connectivity index (χ4n) is 4.35. The summed E-state index contributed by atoms with van der Waals surface area (Å²) < 4.78 is 18.6. The molecule has 1 aliphatic heterocycles. The molecule has 202 valence electrons. The molecule has 0 bridgehead atoms. The minimum Gasteiger partial charge on any atom is -0.439 e. The highest BCUT2D eigenvalue weighted by atomic mass is 19.1. The van der Waals surface area contributed by atoms with Gasteiger partial charge in [0.05, 0.1) is 24.3 Å². The van der Waals surface area contributed by atoms with Gasteiger partial charge in [0.2, 0.25) is 5.88 Å². The van der Waals surface area contributed by atoms with Crippen LogP contribution in [0.15, 0.2) is 79.3 Å². The summed E-state index contributed by atoms with van der Waals surface area (Å²) in [5, 5.41) is 2.66. The fourth-order valence-corrected chi connectivity index (χ4v) is 4.35. The monoisotopic (exact) mass is 539 g/mol. The van der Waals surface area contributed by atoms with E-state index in [1.54, 1.807) is 17.0 Å². The minimum atomic E-state index is -0.518. The number of pyridine rings is 1. The molecule has 0 spiro atoms. The van der Waals surface area contributed by atoms with E-state index in [0.29, 0.717) is 42.9 Å². The highest BCUT2D eigenvalue weighted by Gasteiger charge is 2.29. The number of halogens is 1. The van der Waals surface area contributed by atoms with Crippen LogP contribution in [0.4, 0.5) is 10.1 Å². The van der Waals surface area contributed by atoms with Crippen molar-refractivity contribution >= 4 is 23.3 Å². The van der Waals surface area contributed by atoms with Crippen LogP contribution in [0.1, 0.15) is 49.7 Å². The first kappa shape index (κ1) is 26.6. The first-order valence-corrected chi connectivity index (χ1v) is 12.8. The van der Waals surface area contributed by atoms with Crippen molar-refractivity contribution in [1.82, 2.24) is 19.9 Å². The number of amides is 2. The van der Waals surface area contributed by atoms with Gasteiger partial charge < -0.3 is 15.0 Å². The second-order valence-electron chi connectivity index (χ2n) is 9.48. The Hall–Kier alpha value is -4.99. The zero-order valence-corrected chi connectivity index (χ0v) is 21.7. The Morgan fingerprint density at radius 3 is 2.15 bits per heavy atom. The van der Waals surface area contributed by atoms with Gasteiger partial charge in [-0.05, 0) is 50.1 Å². The second-order valence-corrected chi connectivity index (χ2v) is 9.48. The number of nitrogens with zero attached hydrogens (tertiary/aromatic N) is 4. The molecule has 9 nitrogen and oxygen atoms in total. The first-order valence-electron chi connectivity index (χ1n) is 12.8. The summed E-state index contributed by atoms with van der Waals surface area (Å²) >= 11 is 0. The molecule has 1 saturated heterocycles. The number of ketones is 1. The number of piperidine rings is 1. The Morgan fingerprint density at radius 1 is 0.850 bits per heavy atom. The number of aryl methyl sites for hydroxylation is 1. The molecule has 1 fully saturated rings. The van der Waals surface area contributed by atoms with E-state index in [9.17, 15) is 18.8 Å². The summed E-state index contributed by atoms with van der Waals surface area (Å²) in [5.41, 5.74) is 2.36. The van der Waals surface area contributed by atoms with E-state index in [4.69, 9.17) is 4.74 Å². The van der Waals surface area contributed by atoms with Crippen LogP contribution in [0.2, 0.25) is 0 Å².